The molecule has 1 aliphatic heterocycles. The number of carbonyl (C=O) groups is 2. The lowest BCUT2D eigenvalue weighted by Crippen LogP contribution is -2.29. The van der Waals surface area contributed by atoms with E-state index in [1.165, 1.54) is 0 Å². The first-order chi connectivity index (χ1) is 12.9. The fraction of sp³-hybridized carbons (Fsp3) is 0.364. The molecule has 0 saturated carbocycles. The lowest BCUT2D eigenvalue weighted by atomic mass is 9.96. The minimum absolute atomic E-state index is 0.00663. The summed E-state index contributed by atoms with van der Waals surface area (Å²) in [7, 11) is 0. The minimum atomic E-state index is -0.373. The number of nitrogens with one attached hydrogen (secondary N) is 1. The summed E-state index contributed by atoms with van der Waals surface area (Å²) in [5.74, 6) is -0.168. The van der Waals surface area contributed by atoms with Gasteiger partial charge in [0, 0.05) is 29.4 Å². The highest BCUT2D eigenvalue weighted by molar-refractivity contribution is 6.31. The smallest absolute Gasteiger partial charge is 0.229 e. The Balaban J connectivity index is 1.75. The second kappa shape index (κ2) is 8.13. The van der Waals surface area contributed by atoms with Crippen LogP contribution in [0.2, 0.25) is 5.02 Å². The van der Waals surface area contributed by atoms with Crippen LogP contribution in [-0.2, 0) is 9.59 Å². The van der Waals surface area contributed by atoms with Crippen molar-refractivity contribution in [3.8, 4) is 0 Å². The van der Waals surface area contributed by atoms with Crippen LogP contribution in [-0.4, -0.2) is 18.4 Å². The second-order valence-electron chi connectivity index (χ2n) is 7.23. The Kier molecular flexibility index (Phi) is 5.85. The normalized spacial score (nSPS) is 17.9. The van der Waals surface area contributed by atoms with Crippen molar-refractivity contribution < 1.29 is 9.59 Å². The molecule has 3 rings (SSSR count). The molecule has 0 radical (unpaired) electrons. The Morgan fingerprint density at radius 3 is 2.74 bits per heavy atom. The van der Waals surface area contributed by atoms with Crippen molar-refractivity contribution in [3.05, 3.63) is 58.6 Å². The highest BCUT2D eigenvalue weighted by Crippen LogP contribution is 2.33. The SMILES string of the molecule is CC[C@@H](C)c1ccccc1N1C[C@H](C(=O)Nc2ccc(C)c(Cl)c2)CC1=O. The van der Waals surface area contributed by atoms with Crippen LogP contribution in [0.1, 0.15) is 43.7 Å². The van der Waals surface area contributed by atoms with Gasteiger partial charge in [-0.2, -0.15) is 0 Å². The van der Waals surface area contributed by atoms with Gasteiger partial charge >= 0.3 is 0 Å². The van der Waals surface area contributed by atoms with Crippen LogP contribution in [0.15, 0.2) is 42.5 Å². The molecule has 27 heavy (non-hydrogen) atoms. The van der Waals surface area contributed by atoms with Gasteiger partial charge in [0.05, 0.1) is 5.92 Å². The van der Waals surface area contributed by atoms with Gasteiger partial charge in [0.25, 0.3) is 0 Å². The highest BCUT2D eigenvalue weighted by Gasteiger charge is 2.36. The van der Waals surface area contributed by atoms with E-state index in [0.717, 1.165) is 23.2 Å². The molecule has 2 amide bonds. The van der Waals surface area contributed by atoms with Crippen molar-refractivity contribution in [2.75, 3.05) is 16.8 Å². The number of anilines is 2. The maximum absolute atomic E-state index is 12.7. The Bertz CT molecular complexity index is 865. The molecule has 142 valence electrons. The Labute approximate surface area is 165 Å². The molecular formula is C22H25ClN2O2. The maximum Gasteiger partial charge on any atom is 0.229 e. The van der Waals surface area contributed by atoms with Gasteiger partial charge in [0.1, 0.15) is 0 Å². The van der Waals surface area contributed by atoms with E-state index in [1.54, 1.807) is 11.0 Å². The predicted octanol–water partition coefficient (Wildman–Crippen LogP) is 5.15. The number of nitrogens with zero attached hydrogens (tertiary/aromatic N) is 1. The summed E-state index contributed by atoms with van der Waals surface area (Å²) >= 11 is 6.13. The van der Waals surface area contributed by atoms with Gasteiger partial charge in [0.15, 0.2) is 0 Å². The largest absolute Gasteiger partial charge is 0.326 e. The maximum atomic E-state index is 12.7. The highest BCUT2D eigenvalue weighted by atomic mass is 35.5. The summed E-state index contributed by atoms with van der Waals surface area (Å²) < 4.78 is 0. The Morgan fingerprint density at radius 1 is 1.30 bits per heavy atom. The van der Waals surface area contributed by atoms with Crippen molar-refractivity contribution in [2.45, 2.75) is 39.5 Å². The number of hydrogen-bond acceptors (Lipinski definition) is 2. The first-order valence-corrected chi connectivity index (χ1v) is 9.74. The molecule has 1 fully saturated rings. The molecule has 0 spiro atoms. The van der Waals surface area contributed by atoms with E-state index in [0.29, 0.717) is 23.2 Å². The van der Waals surface area contributed by atoms with E-state index in [-0.39, 0.29) is 24.2 Å². The van der Waals surface area contributed by atoms with Gasteiger partial charge in [-0.1, -0.05) is 49.7 Å². The van der Waals surface area contributed by atoms with Crippen LogP contribution in [0.25, 0.3) is 0 Å². The topological polar surface area (TPSA) is 49.4 Å². The number of rotatable bonds is 5. The molecule has 0 bridgehead atoms. The van der Waals surface area contributed by atoms with E-state index >= 15 is 0 Å². The van der Waals surface area contributed by atoms with E-state index in [2.05, 4.69) is 25.2 Å². The third-order valence-corrected chi connectivity index (χ3v) is 5.71. The Hall–Kier alpha value is -2.33. The molecule has 0 unspecified atom stereocenters. The quantitative estimate of drug-likeness (QED) is 0.774. The summed E-state index contributed by atoms with van der Waals surface area (Å²) in [6.45, 7) is 6.61. The molecule has 2 aromatic rings. The van der Waals surface area contributed by atoms with Crippen molar-refractivity contribution in [3.63, 3.8) is 0 Å². The lowest BCUT2D eigenvalue weighted by molar-refractivity contribution is -0.122. The molecule has 1 heterocycles. The van der Waals surface area contributed by atoms with Crippen LogP contribution in [0.3, 0.4) is 0 Å². The zero-order valence-corrected chi connectivity index (χ0v) is 16.7. The van der Waals surface area contributed by atoms with Crippen LogP contribution < -0.4 is 10.2 Å². The number of hydrogen-bond donors (Lipinski definition) is 1. The van der Waals surface area contributed by atoms with Crippen LogP contribution >= 0.6 is 11.6 Å². The lowest BCUT2D eigenvalue weighted by Gasteiger charge is -2.23. The monoisotopic (exact) mass is 384 g/mol. The number of carbonyl (C=O) groups excluding carboxylic acids is 2. The van der Waals surface area contributed by atoms with Crippen LogP contribution in [0, 0.1) is 12.8 Å². The average molecular weight is 385 g/mol. The first-order valence-electron chi connectivity index (χ1n) is 9.37. The van der Waals surface area contributed by atoms with Gasteiger partial charge in [-0.15, -0.1) is 0 Å². The zero-order chi connectivity index (χ0) is 19.6. The summed E-state index contributed by atoms with van der Waals surface area (Å²) in [5.41, 5.74) is 3.69. The standard InChI is InChI=1S/C22H25ClN2O2/c1-4-14(2)18-7-5-6-8-20(18)25-13-16(11-21(25)26)22(27)24-17-10-9-15(3)19(23)12-17/h5-10,12,14,16H,4,11,13H2,1-3H3,(H,24,27)/t14-,16-/m1/s1. The number of aryl methyl sites for hydroxylation is 1. The molecule has 2 aromatic carbocycles. The molecule has 1 N–H and O–H groups in total. The van der Waals surface area contributed by atoms with Crippen molar-refractivity contribution in [2.24, 2.45) is 5.92 Å². The van der Waals surface area contributed by atoms with Gasteiger partial charge < -0.3 is 10.2 Å². The molecule has 5 heteroatoms. The van der Waals surface area contributed by atoms with Crippen molar-refractivity contribution in [1.82, 2.24) is 0 Å². The number of benzene rings is 2. The number of halogens is 1. The van der Waals surface area contributed by atoms with E-state index in [9.17, 15) is 9.59 Å². The average Bonchev–Trinajstić information content (AvgIpc) is 3.06. The fourth-order valence-electron chi connectivity index (χ4n) is 3.40. The van der Waals surface area contributed by atoms with Crippen molar-refractivity contribution in [1.29, 1.82) is 0 Å². The summed E-state index contributed by atoms with van der Waals surface area (Å²) in [6.07, 6.45) is 1.22. The zero-order valence-electron chi connectivity index (χ0n) is 16.0. The van der Waals surface area contributed by atoms with Gasteiger partial charge in [0.2, 0.25) is 11.8 Å². The molecule has 1 saturated heterocycles. The van der Waals surface area contributed by atoms with Crippen molar-refractivity contribution >= 4 is 34.8 Å². The minimum Gasteiger partial charge on any atom is -0.326 e. The second-order valence-corrected chi connectivity index (χ2v) is 7.63. The van der Waals surface area contributed by atoms with Gasteiger partial charge in [-0.05, 0) is 48.6 Å². The van der Waals surface area contributed by atoms with E-state index < -0.39 is 0 Å². The predicted molar refractivity (Wildman–Crippen MR) is 110 cm³/mol. The summed E-state index contributed by atoms with van der Waals surface area (Å²) in [6, 6.07) is 13.4. The summed E-state index contributed by atoms with van der Waals surface area (Å²) in [5, 5.41) is 3.50. The summed E-state index contributed by atoms with van der Waals surface area (Å²) in [4.78, 5) is 27.1. The third-order valence-electron chi connectivity index (χ3n) is 5.31. The Morgan fingerprint density at radius 2 is 2.04 bits per heavy atom. The molecular weight excluding hydrogens is 360 g/mol. The van der Waals surface area contributed by atoms with E-state index in [4.69, 9.17) is 11.6 Å². The first kappa shape index (κ1) is 19.4. The third kappa shape index (κ3) is 4.16. The molecule has 0 aliphatic carbocycles. The van der Waals surface area contributed by atoms with Gasteiger partial charge in [-0.25, -0.2) is 0 Å². The molecule has 4 nitrogen and oxygen atoms in total. The van der Waals surface area contributed by atoms with Crippen LogP contribution in [0.5, 0.6) is 0 Å². The van der Waals surface area contributed by atoms with Gasteiger partial charge in [-0.3, -0.25) is 9.59 Å². The fourth-order valence-corrected chi connectivity index (χ4v) is 3.58. The molecule has 1 aliphatic rings. The molecule has 2 atom stereocenters. The molecule has 0 aromatic heterocycles. The number of amides is 2. The number of para-hydroxylation sites is 1. The van der Waals surface area contributed by atoms with Crippen LogP contribution in [0.4, 0.5) is 11.4 Å². The van der Waals surface area contributed by atoms with E-state index in [1.807, 2.05) is 37.3 Å².